The van der Waals surface area contributed by atoms with Gasteiger partial charge in [-0.25, -0.2) is 0 Å². The van der Waals surface area contributed by atoms with E-state index in [0.29, 0.717) is 0 Å². The van der Waals surface area contributed by atoms with Crippen LogP contribution in [0.1, 0.15) is 0 Å². The van der Waals surface area contributed by atoms with E-state index in [9.17, 15) is 0 Å². The van der Waals surface area contributed by atoms with Crippen molar-refractivity contribution in [2.24, 2.45) is 0 Å². The van der Waals surface area contributed by atoms with Crippen molar-refractivity contribution in [1.82, 2.24) is 0 Å². The van der Waals surface area contributed by atoms with Crippen molar-refractivity contribution in [3.63, 3.8) is 0 Å². The molecule has 0 N–H and O–H groups in total. The van der Waals surface area contributed by atoms with Crippen LogP contribution in [0.25, 0.3) is 0 Å². The number of hydrogen-bond donors (Lipinski definition) is 0. The van der Waals surface area contributed by atoms with Crippen LogP contribution in [0.5, 0.6) is 0 Å². The van der Waals surface area contributed by atoms with Crippen LogP contribution in [0.3, 0.4) is 0 Å². The summed E-state index contributed by atoms with van der Waals surface area (Å²) in [4.78, 5) is 0. The molecule has 32 valence electrons. The number of hydrogen-bond acceptors (Lipinski definition) is 2. The molecule has 0 unspecified atom stereocenters. The zero-order valence-electron chi connectivity index (χ0n) is 3.52. The zero-order valence-corrected chi connectivity index (χ0v) is 9.19. The van der Waals surface area contributed by atoms with E-state index in [1.165, 1.54) is 0 Å². The summed E-state index contributed by atoms with van der Waals surface area (Å²) in [6.07, 6.45) is 4.12. The Labute approximate surface area is 57.8 Å². The summed E-state index contributed by atoms with van der Waals surface area (Å²) >= 11 is 0. The molecule has 0 spiro atoms. The maximum atomic E-state index is 2.06. The van der Waals surface area contributed by atoms with Crippen molar-refractivity contribution in [1.29, 1.82) is 0 Å². The van der Waals surface area contributed by atoms with Gasteiger partial charge in [0.1, 0.15) is 0 Å². The fraction of sp³-hybridized carbons (Fsp3) is 1.00. The Bertz CT molecular complexity index is 9.61. The fourth-order valence-corrected chi connectivity index (χ4v) is 0. The van der Waals surface area contributed by atoms with Crippen LogP contribution in [0.2, 0.25) is 0 Å². The van der Waals surface area contributed by atoms with Crippen molar-refractivity contribution >= 4 is 45.5 Å². The van der Waals surface area contributed by atoms with Crippen LogP contribution in [0, 0.1) is 0 Å². The van der Waals surface area contributed by atoms with E-state index in [0.717, 1.165) is 0 Å². The van der Waals surface area contributed by atoms with E-state index in [1.54, 1.807) is 21.6 Å². The molecule has 0 amide bonds. The van der Waals surface area contributed by atoms with Gasteiger partial charge in [0, 0.05) is 0 Å². The first-order valence-electron chi connectivity index (χ1n) is 0.983. The monoisotopic (exact) mass is 216 g/mol. The second kappa shape index (κ2) is 9.09. The summed E-state index contributed by atoms with van der Waals surface area (Å²) in [7, 11) is 3.55. The van der Waals surface area contributed by atoms with Crippen molar-refractivity contribution in [3.8, 4) is 0 Å². The predicted molar refractivity (Wildman–Crippen MR) is 35.6 cm³/mol. The molecule has 3 heteroatoms. The van der Waals surface area contributed by atoms with E-state index in [2.05, 4.69) is 12.5 Å². The molecular weight excluding hydrogens is 207 g/mol. The van der Waals surface area contributed by atoms with Gasteiger partial charge in [-0.3, -0.25) is 0 Å². The molecule has 0 bridgehead atoms. The zero-order chi connectivity index (χ0) is 3.41. The van der Waals surface area contributed by atoms with Crippen LogP contribution in [0.15, 0.2) is 0 Å². The topological polar surface area (TPSA) is 0 Å². The number of rotatable bonds is 1. The summed E-state index contributed by atoms with van der Waals surface area (Å²) < 4.78 is 0. The molecule has 0 aromatic heterocycles. The standard InChI is InChI=1S/C2H6S2.Sn.2H/c1-3-4-2;;;/h1-2H3;;;. The van der Waals surface area contributed by atoms with Gasteiger partial charge in [0.25, 0.3) is 0 Å². The summed E-state index contributed by atoms with van der Waals surface area (Å²) in [6, 6.07) is 0. The maximum absolute atomic E-state index is 2.06. The van der Waals surface area contributed by atoms with Crippen LogP contribution in [-0.4, -0.2) is 36.4 Å². The molecule has 0 heterocycles. The van der Waals surface area contributed by atoms with Gasteiger partial charge in [-0.2, -0.15) is 0 Å². The summed E-state index contributed by atoms with van der Waals surface area (Å²) in [6.45, 7) is 0. The first-order valence-corrected chi connectivity index (χ1v) is 3.95. The van der Waals surface area contributed by atoms with E-state index in [1.807, 2.05) is 0 Å². The SMILES string of the molecule is CSSC.[SnH2]. The molecule has 0 aliphatic rings. The van der Waals surface area contributed by atoms with Gasteiger partial charge in [0.15, 0.2) is 0 Å². The average molecular weight is 215 g/mol. The molecule has 0 fully saturated rings. The molecule has 0 aromatic rings. The minimum atomic E-state index is 0. The third-order valence-corrected chi connectivity index (χ3v) is 1.50. The Morgan fingerprint density at radius 3 is 1.20 bits per heavy atom. The normalized spacial score (nSPS) is 6.00. The second-order valence-electron chi connectivity index (χ2n) is 0.333. The van der Waals surface area contributed by atoms with E-state index < -0.39 is 0 Å². The Hall–Kier alpha value is 1.50. The van der Waals surface area contributed by atoms with E-state index in [4.69, 9.17) is 0 Å². The van der Waals surface area contributed by atoms with Crippen LogP contribution < -0.4 is 0 Å². The first kappa shape index (κ1) is 9.71. The summed E-state index contributed by atoms with van der Waals surface area (Å²) in [5.74, 6) is 0. The summed E-state index contributed by atoms with van der Waals surface area (Å²) in [5.41, 5.74) is 0. The van der Waals surface area contributed by atoms with Crippen LogP contribution in [-0.2, 0) is 0 Å². The first-order chi connectivity index (χ1) is 1.91. The minimum absolute atomic E-state index is 0. The van der Waals surface area contributed by atoms with Crippen molar-refractivity contribution in [2.75, 3.05) is 12.5 Å². The Balaban J connectivity index is 0. The van der Waals surface area contributed by atoms with Crippen LogP contribution >= 0.6 is 21.6 Å². The van der Waals surface area contributed by atoms with E-state index in [-0.39, 0.29) is 23.9 Å². The fourth-order valence-electron chi connectivity index (χ4n) is 0. The molecular formula is C2H8S2Sn. The third kappa shape index (κ3) is 10.8. The van der Waals surface area contributed by atoms with Gasteiger partial charge >= 0.3 is 23.9 Å². The molecule has 0 aromatic carbocycles. The average Bonchev–Trinajstić information content (AvgIpc) is 1.37. The molecule has 5 heavy (non-hydrogen) atoms. The molecule has 2 radical (unpaired) electrons. The van der Waals surface area contributed by atoms with Gasteiger partial charge in [0.2, 0.25) is 0 Å². The van der Waals surface area contributed by atoms with Gasteiger partial charge < -0.3 is 0 Å². The summed E-state index contributed by atoms with van der Waals surface area (Å²) in [5, 5.41) is 0. The molecule has 0 saturated heterocycles. The molecule has 0 saturated carbocycles. The van der Waals surface area contributed by atoms with Gasteiger partial charge in [0.05, 0.1) is 0 Å². The van der Waals surface area contributed by atoms with E-state index >= 15 is 0 Å². The van der Waals surface area contributed by atoms with Crippen LogP contribution in [0.4, 0.5) is 0 Å². The Morgan fingerprint density at radius 2 is 1.20 bits per heavy atom. The molecule has 0 atom stereocenters. The third-order valence-electron chi connectivity index (χ3n) is 0.167. The Morgan fingerprint density at radius 1 is 1.00 bits per heavy atom. The van der Waals surface area contributed by atoms with Gasteiger partial charge in [-0.05, 0) is 12.5 Å². The predicted octanol–water partition coefficient (Wildman–Crippen LogP) is 0.711. The van der Waals surface area contributed by atoms with Crippen molar-refractivity contribution in [2.45, 2.75) is 0 Å². The van der Waals surface area contributed by atoms with Crippen molar-refractivity contribution in [3.05, 3.63) is 0 Å². The molecule has 0 rings (SSSR count). The van der Waals surface area contributed by atoms with Gasteiger partial charge in [-0.1, -0.05) is 21.6 Å². The molecule has 0 aliphatic heterocycles. The van der Waals surface area contributed by atoms with Crippen molar-refractivity contribution < 1.29 is 0 Å². The molecule has 0 nitrogen and oxygen atoms in total. The molecule has 0 aliphatic carbocycles. The second-order valence-corrected chi connectivity index (χ2v) is 3.00. The Kier molecular flexibility index (Phi) is 17.7. The van der Waals surface area contributed by atoms with Gasteiger partial charge in [-0.15, -0.1) is 0 Å². The quantitative estimate of drug-likeness (QED) is 0.466.